The summed E-state index contributed by atoms with van der Waals surface area (Å²) >= 11 is 0. The molecule has 13 heavy (non-hydrogen) atoms. The van der Waals surface area contributed by atoms with Gasteiger partial charge in [-0.2, -0.15) is 0 Å². The van der Waals surface area contributed by atoms with Crippen molar-refractivity contribution in [2.45, 2.75) is 19.2 Å². The molecular weight excluding hydrogens is 185 g/mol. The van der Waals surface area contributed by atoms with E-state index in [1.165, 1.54) is 19.3 Å². The van der Waals surface area contributed by atoms with Gasteiger partial charge in [0, 0.05) is 12.8 Å². The maximum Gasteiger partial charge on any atom is 0.572 e. The molecule has 0 N–H and O–H groups in total. The van der Waals surface area contributed by atoms with Crippen LogP contribution in [0.2, 0.25) is 0 Å². The zero-order valence-corrected chi connectivity index (χ0v) is 7.02. The van der Waals surface area contributed by atoms with Crippen LogP contribution in [-0.2, 0) is 9.47 Å². The van der Waals surface area contributed by atoms with Crippen LogP contribution in [0.25, 0.3) is 0 Å². The molecule has 1 rings (SSSR count). The van der Waals surface area contributed by atoms with Crippen LogP contribution in [0, 0.1) is 0 Å². The predicted molar refractivity (Wildman–Crippen MR) is 39.5 cm³/mol. The molecule has 0 spiro atoms. The fraction of sp³-hybridized carbons (Fsp3) is 0.500. The molecule has 0 fully saturated rings. The second kappa shape index (κ2) is 3.72. The summed E-state index contributed by atoms with van der Waals surface area (Å²) in [5, 5.41) is 0. The van der Waals surface area contributed by atoms with Gasteiger partial charge in [0.05, 0.1) is 12.9 Å². The van der Waals surface area contributed by atoms with Crippen LogP contribution in [0.1, 0.15) is 12.8 Å². The van der Waals surface area contributed by atoms with Crippen molar-refractivity contribution in [3.63, 3.8) is 0 Å². The molecule has 0 unspecified atom stereocenters. The van der Waals surface area contributed by atoms with Gasteiger partial charge in [0.2, 0.25) is 0 Å². The van der Waals surface area contributed by atoms with Gasteiger partial charge in [-0.15, -0.1) is 13.2 Å². The second-order valence-corrected chi connectivity index (χ2v) is 2.52. The van der Waals surface area contributed by atoms with Crippen molar-refractivity contribution in [3.8, 4) is 0 Å². The maximum atomic E-state index is 11.7. The van der Waals surface area contributed by atoms with Gasteiger partial charge in [-0.05, 0) is 12.2 Å². The Bertz CT molecular complexity index is 240. The normalized spacial score (nSPS) is 17.5. The molecule has 0 amide bonds. The summed E-state index contributed by atoms with van der Waals surface area (Å²) in [6.45, 7) is 0. The first-order chi connectivity index (χ1) is 6.01. The summed E-state index contributed by atoms with van der Waals surface area (Å²) in [5.74, 6) is 0.586. The largest absolute Gasteiger partial charge is 0.572 e. The van der Waals surface area contributed by atoms with Gasteiger partial charge < -0.3 is 9.47 Å². The van der Waals surface area contributed by atoms with Crippen LogP contribution in [0.4, 0.5) is 13.2 Å². The number of methoxy groups -OCH3 is 1. The number of ether oxygens (including phenoxy) is 2. The number of alkyl halides is 3. The average molecular weight is 194 g/mol. The summed E-state index contributed by atoms with van der Waals surface area (Å²) in [4.78, 5) is 0. The Morgan fingerprint density at radius 3 is 2.08 bits per heavy atom. The standard InChI is InChI=1S/C8H9F3O2/c1-12-6-2-4-7(5-3-6)13-8(9,10)11/h2,4H,3,5H2,1H3. The first kappa shape index (κ1) is 9.95. The first-order valence-electron chi connectivity index (χ1n) is 3.71. The monoisotopic (exact) mass is 194 g/mol. The van der Waals surface area contributed by atoms with Crippen LogP contribution < -0.4 is 0 Å². The third-order valence-corrected chi connectivity index (χ3v) is 1.58. The Hall–Kier alpha value is -1.13. The lowest BCUT2D eigenvalue weighted by Crippen LogP contribution is -2.14. The van der Waals surface area contributed by atoms with Crippen molar-refractivity contribution >= 4 is 0 Å². The molecule has 2 nitrogen and oxygen atoms in total. The van der Waals surface area contributed by atoms with Gasteiger partial charge in [-0.1, -0.05) is 0 Å². The van der Waals surface area contributed by atoms with Crippen LogP contribution >= 0.6 is 0 Å². The second-order valence-electron chi connectivity index (χ2n) is 2.52. The highest BCUT2D eigenvalue weighted by atomic mass is 19.4. The molecule has 1 aliphatic rings. The molecule has 0 atom stereocenters. The van der Waals surface area contributed by atoms with Crippen molar-refractivity contribution in [3.05, 3.63) is 23.7 Å². The van der Waals surface area contributed by atoms with E-state index in [0.717, 1.165) is 0 Å². The van der Waals surface area contributed by atoms with Crippen molar-refractivity contribution in [2.75, 3.05) is 7.11 Å². The molecule has 0 saturated heterocycles. The number of hydrogen-bond donors (Lipinski definition) is 0. The number of rotatable bonds is 2. The third-order valence-electron chi connectivity index (χ3n) is 1.58. The molecule has 0 saturated carbocycles. The Morgan fingerprint density at radius 2 is 1.69 bits per heavy atom. The topological polar surface area (TPSA) is 18.5 Å². The van der Waals surface area contributed by atoms with E-state index in [1.807, 2.05) is 0 Å². The van der Waals surface area contributed by atoms with Crippen LogP contribution in [-0.4, -0.2) is 13.5 Å². The SMILES string of the molecule is COC1=CC=C(OC(F)(F)F)CC1. The van der Waals surface area contributed by atoms with Crippen LogP contribution in [0.5, 0.6) is 0 Å². The molecular formula is C8H9F3O2. The van der Waals surface area contributed by atoms with Crippen molar-refractivity contribution in [2.24, 2.45) is 0 Å². The van der Waals surface area contributed by atoms with Crippen molar-refractivity contribution < 1.29 is 22.6 Å². The Labute approximate surface area is 73.6 Å². The number of hydrogen-bond acceptors (Lipinski definition) is 2. The van der Waals surface area contributed by atoms with Gasteiger partial charge in [0.25, 0.3) is 0 Å². The molecule has 74 valence electrons. The summed E-state index contributed by atoms with van der Waals surface area (Å²) in [7, 11) is 1.48. The van der Waals surface area contributed by atoms with Gasteiger partial charge in [0.1, 0.15) is 5.76 Å². The lowest BCUT2D eigenvalue weighted by atomic mass is 10.1. The Kier molecular flexibility index (Phi) is 2.85. The quantitative estimate of drug-likeness (QED) is 0.672. The lowest BCUT2D eigenvalue weighted by Gasteiger charge is -2.15. The Morgan fingerprint density at radius 1 is 1.15 bits per heavy atom. The van der Waals surface area contributed by atoms with Crippen molar-refractivity contribution in [1.82, 2.24) is 0 Å². The zero-order chi connectivity index (χ0) is 9.90. The minimum Gasteiger partial charge on any atom is -0.501 e. The van der Waals surface area contributed by atoms with Gasteiger partial charge in [-0.3, -0.25) is 0 Å². The first-order valence-corrected chi connectivity index (χ1v) is 3.71. The van der Waals surface area contributed by atoms with E-state index in [4.69, 9.17) is 4.74 Å². The highest BCUT2D eigenvalue weighted by Gasteiger charge is 2.32. The molecule has 0 heterocycles. The van der Waals surface area contributed by atoms with Crippen molar-refractivity contribution in [1.29, 1.82) is 0 Å². The molecule has 0 aromatic rings. The summed E-state index contributed by atoms with van der Waals surface area (Å²) < 4.78 is 43.7. The summed E-state index contributed by atoms with van der Waals surface area (Å²) in [6, 6.07) is 0. The predicted octanol–water partition coefficient (Wildman–Crippen LogP) is 2.73. The van der Waals surface area contributed by atoms with Crippen LogP contribution in [0.3, 0.4) is 0 Å². The van der Waals surface area contributed by atoms with Gasteiger partial charge in [0.15, 0.2) is 0 Å². The highest BCUT2D eigenvalue weighted by molar-refractivity contribution is 5.17. The molecule has 1 aliphatic carbocycles. The van der Waals surface area contributed by atoms with E-state index in [2.05, 4.69) is 4.74 Å². The summed E-state index contributed by atoms with van der Waals surface area (Å²) in [5.41, 5.74) is 0. The highest BCUT2D eigenvalue weighted by Crippen LogP contribution is 2.26. The molecule has 0 aromatic heterocycles. The molecule has 0 aromatic carbocycles. The molecule has 5 heteroatoms. The third kappa shape index (κ3) is 3.40. The minimum absolute atomic E-state index is 0.0756. The van der Waals surface area contributed by atoms with E-state index in [-0.39, 0.29) is 12.2 Å². The minimum atomic E-state index is -4.59. The van der Waals surface area contributed by atoms with E-state index < -0.39 is 6.36 Å². The van der Waals surface area contributed by atoms with E-state index in [0.29, 0.717) is 12.2 Å². The molecule has 0 bridgehead atoms. The van der Waals surface area contributed by atoms with Gasteiger partial charge >= 0.3 is 6.36 Å². The van der Waals surface area contributed by atoms with Gasteiger partial charge in [-0.25, -0.2) is 0 Å². The molecule has 0 aliphatic heterocycles. The lowest BCUT2D eigenvalue weighted by molar-refractivity contribution is -0.306. The van der Waals surface area contributed by atoms with E-state index in [1.54, 1.807) is 0 Å². The Balaban J connectivity index is 2.55. The fourth-order valence-electron chi connectivity index (χ4n) is 1.00. The zero-order valence-electron chi connectivity index (χ0n) is 7.02. The summed E-state index contributed by atoms with van der Waals surface area (Å²) in [6.07, 6.45) is -1.18. The van der Waals surface area contributed by atoms with E-state index in [9.17, 15) is 13.2 Å². The van der Waals surface area contributed by atoms with Crippen LogP contribution in [0.15, 0.2) is 23.7 Å². The average Bonchev–Trinajstić information content (AvgIpc) is 2.03. The van der Waals surface area contributed by atoms with E-state index >= 15 is 0 Å². The number of allylic oxidation sites excluding steroid dienone is 4. The maximum absolute atomic E-state index is 11.7. The smallest absolute Gasteiger partial charge is 0.501 e. The molecule has 0 radical (unpaired) electrons. The fourth-order valence-corrected chi connectivity index (χ4v) is 1.00. The number of halogens is 3.